The van der Waals surface area contributed by atoms with Crippen LogP contribution in [0.5, 0.6) is 0 Å². The maximum absolute atomic E-state index is 5.03. The summed E-state index contributed by atoms with van der Waals surface area (Å²) in [6.45, 7) is 2.81. The molecule has 2 nitrogen and oxygen atoms in total. The Kier molecular flexibility index (Phi) is 2.34. The third kappa shape index (κ3) is 1.74. The van der Waals surface area contributed by atoms with Crippen molar-refractivity contribution in [3.8, 4) is 0 Å². The minimum atomic E-state index is 0.516. The molecule has 0 aliphatic heterocycles. The van der Waals surface area contributed by atoms with Crippen LogP contribution in [0.15, 0.2) is 18.2 Å². The van der Waals surface area contributed by atoms with Crippen LogP contribution in [0.2, 0.25) is 0 Å². The van der Waals surface area contributed by atoms with Crippen molar-refractivity contribution in [2.45, 2.75) is 26.4 Å². The lowest BCUT2D eigenvalue weighted by atomic mass is 10.1. The first-order valence-corrected chi connectivity index (χ1v) is 4.72. The summed E-state index contributed by atoms with van der Waals surface area (Å²) in [6, 6.07) is 6.52. The molecule has 0 saturated heterocycles. The average molecular weight is 177 g/mol. The molecule has 1 aliphatic rings. The topological polar surface area (TPSA) is 35.2 Å². The third-order valence-electron chi connectivity index (χ3n) is 2.66. The lowest BCUT2D eigenvalue weighted by Crippen LogP contribution is -1.99. The van der Waals surface area contributed by atoms with Crippen LogP contribution in [0.3, 0.4) is 0 Å². The van der Waals surface area contributed by atoms with Gasteiger partial charge in [0.25, 0.3) is 0 Å². The predicted molar refractivity (Wildman–Crippen MR) is 52.0 cm³/mol. The normalized spacial score (nSPS) is 20.3. The summed E-state index contributed by atoms with van der Waals surface area (Å²) in [5.41, 5.74) is 4.14. The fourth-order valence-electron chi connectivity index (χ4n) is 2.08. The van der Waals surface area contributed by atoms with Crippen molar-refractivity contribution in [1.29, 1.82) is 0 Å². The summed E-state index contributed by atoms with van der Waals surface area (Å²) >= 11 is 0. The van der Waals surface area contributed by atoms with Gasteiger partial charge in [-0.05, 0) is 35.4 Å². The molecule has 13 heavy (non-hydrogen) atoms. The first-order valence-electron chi connectivity index (χ1n) is 4.72. The monoisotopic (exact) mass is 177 g/mol. The minimum absolute atomic E-state index is 0.516. The molecule has 2 rings (SSSR count). The Balaban J connectivity index is 2.24. The molecule has 1 aromatic rings. The lowest BCUT2D eigenvalue weighted by molar-refractivity contribution is 0.124. The van der Waals surface area contributed by atoms with Crippen LogP contribution in [-0.2, 0) is 24.3 Å². The Morgan fingerprint density at radius 2 is 2.15 bits per heavy atom. The van der Waals surface area contributed by atoms with Crippen LogP contribution in [0.25, 0.3) is 0 Å². The van der Waals surface area contributed by atoms with E-state index in [4.69, 9.17) is 5.90 Å². The molecule has 0 aromatic heterocycles. The van der Waals surface area contributed by atoms with Crippen LogP contribution in [0, 0.1) is 5.92 Å². The molecule has 0 bridgehead atoms. The van der Waals surface area contributed by atoms with Crippen molar-refractivity contribution >= 4 is 0 Å². The largest absolute Gasteiger partial charge is 0.300 e. The molecule has 0 heterocycles. The highest BCUT2D eigenvalue weighted by Gasteiger charge is 2.17. The minimum Gasteiger partial charge on any atom is -0.300 e. The van der Waals surface area contributed by atoms with E-state index in [9.17, 15) is 0 Å². The molecule has 0 radical (unpaired) electrons. The van der Waals surface area contributed by atoms with Gasteiger partial charge >= 0.3 is 0 Å². The molecule has 0 saturated carbocycles. The molecule has 1 aliphatic carbocycles. The summed E-state index contributed by atoms with van der Waals surface area (Å²) in [5.74, 6) is 5.83. The molecule has 0 amide bonds. The zero-order chi connectivity index (χ0) is 9.26. The summed E-state index contributed by atoms with van der Waals surface area (Å²) in [5, 5.41) is 0. The Morgan fingerprint density at radius 1 is 1.38 bits per heavy atom. The van der Waals surface area contributed by atoms with Crippen LogP contribution in [0.1, 0.15) is 23.6 Å². The molecule has 1 atom stereocenters. The van der Waals surface area contributed by atoms with Crippen molar-refractivity contribution in [1.82, 2.24) is 0 Å². The summed E-state index contributed by atoms with van der Waals surface area (Å²) in [7, 11) is 0. The molecule has 1 aromatic carbocycles. The summed E-state index contributed by atoms with van der Waals surface area (Å²) in [4.78, 5) is 4.61. The second-order valence-corrected chi connectivity index (χ2v) is 3.93. The maximum atomic E-state index is 5.03. The first kappa shape index (κ1) is 8.73. The van der Waals surface area contributed by atoms with E-state index in [1.54, 1.807) is 0 Å². The van der Waals surface area contributed by atoms with Crippen LogP contribution < -0.4 is 5.90 Å². The van der Waals surface area contributed by atoms with Gasteiger partial charge in [0.15, 0.2) is 0 Å². The van der Waals surface area contributed by atoms with Gasteiger partial charge in [-0.15, -0.1) is 0 Å². The van der Waals surface area contributed by atoms with Crippen molar-refractivity contribution < 1.29 is 4.84 Å². The number of fused-ring (bicyclic) bond motifs is 1. The van der Waals surface area contributed by atoms with Gasteiger partial charge in [-0.25, -0.2) is 5.90 Å². The third-order valence-corrected chi connectivity index (χ3v) is 2.66. The van der Waals surface area contributed by atoms with Crippen LogP contribution in [0.4, 0.5) is 0 Å². The Hall–Kier alpha value is -0.860. The molecule has 1 unspecified atom stereocenters. The quantitative estimate of drug-likeness (QED) is 0.699. The molecule has 70 valence electrons. The highest BCUT2D eigenvalue weighted by Crippen LogP contribution is 2.27. The van der Waals surface area contributed by atoms with Gasteiger partial charge < -0.3 is 0 Å². The van der Waals surface area contributed by atoms with Crippen molar-refractivity contribution in [2.75, 3.05) is 0 Å². The highest BCUT2D eigenvalue weighted by molar-refractivity contribution is 5.35. The fourth-order valence-corrected chi connectivity index (χ4v) is 2.08. The van der Waals surface area contributed by atoms with Gasteiger partial charge in [-0.1, -0.05) is 25.1 Å². The Bertz CT molecular complexity index is 309. The molecular formula is C11H15NO. The number of nitrogens with two attached hydrogens (primary N) is 1. The highest BCUT2D eigenvalue weighted by atomic mass is 16.6. The van der Waals surface area contributed by atoms with E-state index < -0.39 is 0 Å². The van der Waals surface area contributed by atoms with Crippen LogP contribution >= 0.6 is 0 Å². The van der Waals surface area contributed by atoms with E-state index in [1.165, 1.54) is 29.5 Å². The molecule has 2 heteroatoms. The van der Waals surface area contributed by atoms with Gasteiger partial charge in [0.1, 0.15) is 0 Å². The van der Waals surface area contributed by atoms with E-state index >= 15 is 0 Å². The number of hydrogen-bond acceptors (Lipinski definition) is 2. The standard InChI is InChI=1S/C11H15NO/c1-8-4-10-3-2-9(7-13-12)6-11(10)5-8/h2-3,6,8H,4-5,7,12H2,1H3. The number of benzene rings is 1. The summed E-state index contributed by atoms with van der Waals surface area (Å²) in [6.07, 6.45) is 2.42. The number of rotatable bonds is 2. The summed E-state index contributed by atoms with van der Waals surface area (Å²) < 4.78 is 0. The van der Waals surface area contributed by atoms with E-state index in [0.29, 0.717) is 6.61 Å². The van der Waals surface area contributed by atoms with Gasteiger partial charge in [0.05, 0.1) is 6.61 Å². The smallest absolute Gasteiger partial charge is 0.0930 e. The van der Waals surface area contributed by atoms with E-state index in [-0.39, 0.29) is 0 Å². The first-order chi connectivity index (χ1) is 6.29. The second kappa shape index (κ2) is 3.48. The zero-order valence-electron chi connectivity index (χ0n) is 7.92. The Labute approximate surface area is 78.7 Å². The predicted octanol–water partition coefficient (Wildman–Crippen LogP) is 1.81. The second-order valence-electron chi connectivity index (χ2n) is 3.93. The Morgan fingerprint density at radius 3 is 2.92 bits per heavy atom. The fraction of sp³-hybridized carbons (Fsp3) is 0.455. The van der Waals surface area contributed by atoms with Gasteiger partial charge in [0, 0.05) is 0 Å². The van der Waals surface area contributed by atoms with E-state index in [0.717, 1.165) is 5.92 Å². The van der Waals surface area contributed by atoms with Crippen molar-refractivity contribution in [2.24, 2.45) is 11.8 Å². The average Bonchev–Trinajstić information content (AvgIpc) is 2.44. The maximum Gasteiger partial charge on any atom is 0.0930 e. The van der Waals surface area contributed by atoms with E-state index in [2.05, 4.69) is 30.0 Å². The van der Waals surface area contributed by atoms with Crippen molar-refractivity contribution in [3.63, 3.8) is 0 Å². The molecular weight excluding hydrogens is 162 g/mol. The SMILES string of the molecule is CC1Cc2ccc(CON)cc2C1. The molecule has 0 spiro atoms. The van der Waals surface area contributed by atoms with Gasteiger partial charge in [-0.3, -0.25) is 4.84 Å². The molecule has 2 N–H and O–H groups in total. The zero-order valence-corrected chi connectivity index (χ0v) is 7.92. The lowest BCUT2D eigenvalue weighted by Gasteiger charge is -2.02. The number of hydrogen-bond donors (Lipinski definition) is 1. The van der Waals surface area contributed by atoms with Gasteiger partial charge in [-0.2, -0.15) is 0 Å². The van der Waals surface area contributed by atoms with Gasteiger partial charge in [0.2, 0.25) is 0 Å². The van der Waals surface area contributed by atoms with E-state index in [1.807, 2.05) is 0 Å². The van der Waals surface area contributed by atoms with Crippen LogP contribution in [-0.4, -0.2) is 0 Å². The molecule has 0 fully saturated rings. The van der Waals surface area contributed by atoms with Crippen molar-refractivity contribution in [3.05, 3.63) is 34.9 Å².